The highest BCUT2D eigenvalue weighted by atomic mass is 14.8. The van der Waals surface area contributed by atoms with Gasteiger partial charge in [-0.15, -0.1) is 0 Å². The van der Waals surface area contributed by atoms with E-state index in [-0.39, 0.29) is 0 Å². The Morgan fingerprint density at radius 2 is 1.92 bits per heavy atom. The van der Waals surface area contributed by atoms with Crippen LogP contribution in [0.4, 0.5) is 0 Å². The quantitative estimate of drug-likeness (QED) is 0.611. The second-order valence-electron chi connectivity index (χ2n) is 3.37. The van der Waals surface area contributed by atoms with Crippen LogP contribution in [0.2, 0.25) is 0 Å². The second kappa shape index (κ2) is 4.99. The predicted molar refractivity (Wildman–Crippen MR) is 54.7 cm³/mol. The molecule has 0 aliphatic heterocycles. The fraction of sp³-hybridized carbons (Fsp3) is 0.600. The average Bonchev–Trinajstić information content (AvgIpc) is 2.02. The van der Waals surface area contributed by atoms with Crippen LogP contribution in [0.1, 0.15) is 13.8 Å². The van der Waals surface area contributed by atoms with Crippen molar-refractivity contribution in [2.45, 2.75) is 13.8 Å². The number of nitrogens with one attached hydrogen (secondary N) is 1. The van der Waals surface area contributed by atoms with E-state index >= 15 is 0 Å². The highest BCUT2D eigenvalue weighted by Crippen LogP contribution is 2.20. The first-order valence-electron chi connectivity index (χ1n) is 4.28. The van der Waals surface area contributed by atoms with E-state index in [2.05, 4.69) is 32.3 Å². The van der Waals surface area contributed by atoms with Gasteiger partial charge in [0.2, 0.25) is 0 Å². The zero-order valence-corrected chi connectivity index (χ0v) is 8.35. The van der Waals surface area contributed by atoms with Crippen LogP contribution in [0.15, 0.2) is 24.4 Å². The van der Waals surface area contributed by atoms with E-state index in [4.69, 9.17) is 5.73 Å². The third-order valence-corrected chi connectivity index (χ3v) is 2.34. The molecular weight excluding hydrogens is 148 g/mol. The number of hydrogen-bond donors (Lipinski definition) is 2. The summed E-state index contributed by atoms with van der Waals surface area (Å²) >= 11 is 0. The van der Waals surface area contributed by atoms with Crippen molar-refractivity contribution < 1.29 is 0 Å². The van der Waals surface area contributed by atoms with Crippen molar-refractivity contribution in [3.63, 3.8) is 0 Å². The Labute approximate surface area is 75.5 Å². The van der Waals surface area contributed by atoms with E-state index in [1.54, 1.807) is 0 Å². The number of nitrogens with two attached hydrogens (primary N) is 1. The highest BCUT2D eigenvalue weighted by Gasteiger charge is 2.14. The van der Waals surface area contributed by atoms with Crippen LogP contribution in [-0.4, -0.2) is 13.6 Å². The summed E-state index contributed by atoms with van der Waals surface area (Å²) in [7, 11) is 1.95. The molecule has 0 aromatic heterocycles. The minimum atomic E-state index is 0.398. The molecule has 0 aliphatic carbocycles. The normalized spacial score (nSPS) is 15.2. The maximum atomic E-state index is 5.56. The summed E-state index contributed by atoms with van der Waals surface area (Å²) in [5.74, 6) is 0.942. The maximum absolute atomic E-state index is 5.56. The van der Waals surface area contributed by atoms with Gasteiger partial charge >= 0.3 is 0 Å². The van der Waals surface area contributed by atoms with E-state index in [0.29, 0.717) is 17.5 Å². The molecule has 70 valence electrons. The lowest BCUT2D eigenvalue weighted by Gasteiger charge is -2.21. The monoisotopic (exact) mass is 168 g/mol. The standard InChI is InChI=1S/C10H20N2/c1-7(6-12-5)8(2)9(3)10(4)11/h7-8,12H,3-4,6,11H2,1-2,5H3. The fourth-order valence-corrected chi connectivity index (χ4v) is 1.13. The molecule has 2 heteroatoms. The van der Waals surface area contributed by atoms with Crippen LogP contribution in [0, 0.1) is 11.8 Å². The molecule has 0 saturated carbocycles. The van der Waals surface area contributed by atoms with Gasteiger partial charge in [0, 0.05) is 5.70 Å². The van der Waals surface area contributed by atoms with E-state index < -0.39 is 0 Å². The van der Waals surface area contributed by atoms with E-state index in [1.807, 2.05) is 7.05 Å². The van der Waals surface area contributed by atoms with Crippen molar-refractivity contribution in [1.29, 1.82) is 0 Å². The number of allylic oxidation sites excluding steroid dienone is 1. The first kappa shape index (κ1) is 11.2. The van der Waals surface area contributed by atoms with Crippen molar-refractivity contribution >= 4 is 0 Å². The number of rotatable bonds is 5. The van der Waals surface area contributed by atoms with Crippen molar-refractivity contribution in [1.82, 2.24) is 5.32 Å². The average molecular weight is 168 g/mol. The van der Waals surface area contributed by atoms with Gasteiger partial charge in [0.15, 0.2) is 0 Å². The Morgan fingerprint density at radius 3 is 2.25 bits per heavy atom. The van der Waals surface area contributed by atoms with Crippen LogP contribution in [0.3, 0.4) is 0 Å². The van der Waals surface area contributed by atoms with Gasteiger partial charge in [-0.2, -0.15) is 0 Å². The summed E-state index contributed by atoms with van der Waals surface area (Å²) in [4.78, 5) is 0. The third-order valence-electron chi connectivity index (χ3n) is 2.34. The molecule has 2 nitrogen and oxygen atoms in total. The Balaban J connectivity index is 4.09. The first-order valence-corrected chi connectivity index (χ1v) is 4.28. The summed E-state index contributed by atoms with van der Waals surface area (Å²) in [5, 5.41) is 3.13. The van der Waals surface area contributed by atoms with Crippen molar-refractivity contribution in [3.05, 3.63) is 24.4 Å². The molecule has 0 amide bonds. The molecule has 2 unspecified atom stereocenters. The van der Waals surface area contributed by atoms with Gasteiger partial charge in [-0.3, -0.25) is 0 Å². The summed E-state index contributed by atoms with van der Waals surface area (Å²) in [6, 6.07) is 0. The van der Waals surface area contributed by atoms with Crippen LogP contribution in [0.5, 0.6) is 0 Å². The number of hydrogen-bond acceptors (Lipinski definition) is 2. The molecule has 0 spiro atoms. The van der Waals surface area contributed by atoms with Crippen LogP contribution in [0.25, 0.3) is 0 Å². The molecule has 0 fully saturated rings. The third kappa shape index (κ3) is 3.09. The van der Waals surface area contributed by atoms with Crippen LogP contribution >= 0.6 is 0 Å². The second-order valence-corrected chi connectivity index (χ2v) is 3.37. The van der Waals surface area contributed by atoms with Crippen molar-refractivity contribution in [2.24, 2.45) is 17.6 Å². The molecule has 2 atom stereocenters. The SMILES string of the molecule is C=C(N)C(=C)C(C)C(C)CNC. The summed E-state index contributed by atoms with van der Waals surface area (Å²) in [5.41, 5.74) is 7.11. The molecule has 12 heavy (non-hydrogen) atoms. The first-order chi connectivity index (χ1) is 5.50. The predicted octanol–water partition coefficient (Wildman–Crippen LogP) is 1.51. The lowest BCUT2D eigenvalue weighted by atomic mass is 9.88. The van der Waals surface area contributed by atoms with E-state index in [9.17, 15) is 0 Å². The Kier molecular flexibility index (Phi) is 4.67. The van der Waals surface area contributed by atoms with Gasteiger partial charge in [0.25, 0.3) is 0 Å². The zero-order valence-electron chi connectivity index (χ0n) is 8.35. The molecule has 0 aliphatic rings. The van der Waals surface area contributed by atoms with Gasteiger partial charge in [-0.1, -0.05) is 27.0 Å². The van der Waals surface area contributed by atoms with Gasteiger partial charge in [-0.05, 0) is 31.0 Å². The lowest BCUT2D eigenvalue weighted by molar-refractivity contribution is 0.427. The molecule has 0 aromatic carbocycles. The molecule has 0 radical (unpaired) electrons. The van der Waals surface area contributed by atoms with Crippen molar-refractivity contribution in [3.8, 4) is 0 Å². The fourth-order valence-electron chi connectivity index (χ4n) is 1.13. The van der Waals surface area contributed by atoms with Gasteiger partial charge in [0.1, 0.15) is 0 Å². The largest absolute Gasteiger partial charge is 0.399 e. The lowest BCUT2D eigenvalue weighted by Crippen LogP contribution is -2.24. The zero-order chi connectivity index (χ0) is 9.72. The topological polar surface area (TPSA) is 38.0 Å². The Hall–Kier alpha value is -0.760. The highest BCUT2D eigenvalue weighted by molar-refractivity contribution is 5.24. The molecule has 0 rings (SSSR count). The molecule has 0 heterocycles. The van der Waals surface area contributed by atoms with Gasteiger partial charge in [-0.25, -0.2) is 0 Å². The van der Waals surface area contributed by atoms with Crippen molar-refractivity contribution in [2.75, 3.05) is 13.6 Å². The molecule has 0 bridgehead atoms. The molecule has 3 N–H and O–H groups in total. The Bertz CT molecular complexity index is 173. The molecule has 0 saturated heterocycles. The van der Waals surface area contributed by atoms with E-state index in [0.717, 1.165) is 12.1 Å². The minimum absolute atomic E-state index is 0.398. The minimum Gasteiger partial charge on any atom is -0.399 e. The van der Waals surface area contributed by atoms with E-state index in [1.165, 1.54) is 0 Å². The molecular formula is C10H20N2. The van der Waals surface area contributed by atoms with Crippen LogP contribution in [-0.2, 0) is 0 Å². The summed E-state index contributed by atoms with van der Waals surface area (Å²) in [6.45, 7) is 12.9. The maximum Gasteiger partial charge on any atom is 0.0270 e. The summed E-state index contributed by atoms with van der Waals surface area (Å²) in [6.07, 6.45) is 0. The summed E-state index contributed by atoms with van der Waals surface area (Å²) < 4.78 is 0. The smallest absolute Gasteiger partial charge is 0.0270 e. The Morgan fingerprint density at radius 1 is 1.42 bits per heavy atom. The molecule has 0 aromatic rings. The van der Waals surface area contributed by atoms with Crippen LogP contribution < -0.4 is 11.1 Å². The van der Waals surface area contributed by atoms with Gasteiger partial charge < -0.3 is 11.1 Å². The van der Waals surface area contributed by atoms with Gasteiger partial charge in [0.05, 0.1) is 0 Å².